The van der Waals surface area contributed by atoms with Crippen LogP contribution >= 0.6 is 0 Å². The van der Waals surface area contributed by atoms with Crippen molar-refractivity contribution in [2.45, 2.75) is 12.8 Å². The molecule has 0 radical (unpaired) electrons. The molecule has 16 heavy (non-hydrogen) atoms. The molecule has 0 aliphatic heterocycles. The smallest absolute Gasteiger partial charge is 0.119 e. The normalized spacial score (nSPS) is 9.88. The van der Waals surface area contributed by atoms with Crippen molar-refractivity contribution in [1.82, 2.24) is 0 Å². The van der Waals surface area contributed by atoms with Crippen LogP contribution in [0, 0.1) is 5.41 Å². The van der Waals surface area contributed by atoms with Gasteiger partial charge in [0.2, 0.25) is 0 Å². The highest BCUT2D eigenvalue weighted by atomic mass is 16.5. The Labute approximate surface area is 96.5 Å². The summed E-state index contributed by atoms with van der Waals surface area (Å²) >= 11 is 0. The van der Waals surface area contributed by atoms with Crippen LogP contribution in [0.1, 0.15) is 12.8 Å². The Morgan fingerprint density at radius 2 is 2.00 bits per heavy atom. The molecule has 4 heteroatoms. The van der Waals surface area contributed by atoms with E-state index in [0.29, 0.717) is 6.42 Å². The van der Waals surface area contributed by atoms with Crippen molar-refractivity contribution in [2.24, 2.45) is 5.73 Å². The Morgan fingerprint density at radius 3 is 2.50 bits per heavy atom. The van der Waals surface area contributed by atoms with Gasteiger partial charge in [-0.1, -0.05) is 0 Å². The van der Waals surface area contributed by atoms with Crippen molar-refractivity contribution < 1.29 is 4.74 Å². The first kappa shape index (κ1) is 12.4. The number of benzene rings is 1. The highest BCUT2D eigenvalue weighted by molar-refractivity contribution is 5.76. The predicted octanol–water partition coefficient (Wildman–Crippen LogP) is 1.85. The summed E-state index contributed by atoms with van der Waals surface area (Å²) in [5.41, 5.74) is 6.45. The van der Waals surface area contributed by atoms with Gasteiger partial charge >= 0.3 is 0 Å². The number of rotatable bonds is 6. The summed E-state index contributed by atoms with van der Waals surface area (Å²) in [7, 11) is 3.69. The molecule has 0 amide bonds. The third-order valence-electron chi connectivity index (χ3n) is 2.45. The molecule has 0 spiro atoms. The summed E-state index contributed by atoms with van der Waals surface area (Å²) in [6, 6.07) is 7.92. The summed E-state index contributed by atoms with van der Waals surface area (Å²) in [5, 5.41) is 7.14. The highest BCUT2D eigenvalue weighted by Crippen LogP contribution is 2.18. The molecule has 1 aromatic rings. The topological polar surface area (TPSA) is 62.3 Å². The van der Waals surface area contributed by atoms with Crippen LogP contribution in [0.15, 0.2) is 24.3 Å². The molecule has 0 atom stereocenters. The minimum Gasteiger partial charge on any atom is -0.497 e. The third-order valence-corrected chi connectivity index (χ3v) is 2.45. The maximum absolute atomic E-state index is 7.14. The van der Waals surface area contributed by atoms with E-state index in [4.69, 9.17) is 15.9 Å². The van der Waals surface area contributed by atoms with Crippen LogP contribution in [0.4, 0.5) is 5.69 Å². The number of ether oxygens (including phenoxy) is 1. The summed E-state index contributed by atoms with van der Waals surface area (Å²) in [4.78, 5) is 2.14. The lowest BCUT2D eigenvalue weighted by Gasteiger charge is -2.19. The fraction of sp³-hybridized carbons (Fsp3) is 0.417. The van der Waals surface area contributed by atoms with Crippen LogP contribution in [-0.4, -0.2) is 26.5 Å². The Kier molecular flexibility index (Phi) is 4.64. The quantitative estimate of drug-likeness (QED) is 0.569. The number of methoxy groups -OCH3 is 1. The monoisotopic (exact) mass is 221 g/mol. The minimum absolute atomic E-state index is 0.253. The molecule has 0 saturated heterocycles. The first-order valence-electron chi connectivity index (χ1n) is 5.31. The van der Waals surface area contributed by atoms with E-state index in [0.717, 1.165) is 24.4 Å². The van der Waals surface area contributed by atoms with E-state index in [1.807, 2.05) is 31.3 Å². The zero-order chi connectivity index (χ0) is 12.0. The number of anilines is 1. The van der Waals surface area contributed by atoms with E-state index in [1.54, 1.807) is 7.11 Å². The maximum atomic E-state index is 7.14. The zero-order valence-electron chi connectivity index (χ0n) is 9.86. The van der Waals surface area contributed by atoms with Gasteiger partial charge in [-0.3, -0.25) is 5.41 Å². The average molecular weight is 221 g/mol. The molecule has 1 aromatic carbocycles. The number of hydrogen-bond acceptors (Lipinski definition) is 3. The molecule has 0 unspecified atom stereocenters. The van der Waals surface area contributed by atoms with E-state index in [1.165, 1.54) is 0 Å². The highest BCUT2D eigenvalue weighted by Gasteiger charge is 2.01. The molecular weight excluding hydrogens is 202 g/mol. The standard InChI is InChI=1S/C12H19N3O/c1-15(9-3-4-12(13)14)10-5-7-11(16-2)8-6-10/h5-8H,3-4,9H2,1-2H3,(H3,13,14). The lowest BCUT2D eigenvalue weighted by molar-refractivity contribution is 0.415. The van der Waals surface area contributed by atoms with Crippen molar-refractivity contribution in [1.29, 1.82) is 5.41 Å². The van der Waals surface area contributed by atoms with Crippen LogP contribution in [-0.2, 0) is 0 Å². The van der Waals surface area contributed by atoms with E-state index in [9.17, 15) is 0 Å². The Balaban J connectivity index is 2.45. The second-order valence-corrected chi connectivity index (χ2v) is 3.75. The summed E-state index contributed by atoms with van der Waals surface area (Å²) in [6.45, 7) is 0.895. The molecule has 0 saturated carbocycles. The first-order valence-corrected chi connectivity index (χ1v) is 5.31. The lowest BCUT2D eigenvalue weighted by atomic mass is 10.2. The van der Waals surface area contributed by atoms with Crippen LogP contribution in [0.3, 0.4) is 0 Å². The van der Waals surface area contributed by atoms with Crippen molar-refractivity contribution >= 4 is 11.5 Å². The Hall–Kier alpha value is -1.71. The number of nitrogens with one attached hydrogen (secondary N) is 1. The molecule has 0 aliphatic rings. The van der Waals surface area contributed by atoms with Gasteiger partial charge in [-0.05, 0) is 30.7 Å². The van der Waals surface area contributed by atoms with Gasteiger partial charge in [0, 0.05) is 25.7 Å². The van der Waals surface area contributed by atoms with Gasteiger partial charge < -0.3 is 15.4 Å². The SMILES string of the molecule is COc1ccc(N(C)CCCC(=N)N)cc1. The fourth-order valence-electron chi connectivity index (χ4n) is 1.47. The molecule has 0 aliphatic carbocycles. The maximum Gasteiger partial charge on any atom is 0.119 e. The van der Waals surface area contributed by atoms with Crippen LogP contribution in [0.5, 0.6) is 5.75 Å². The molecule has 0 bridgehead atoms. The van der Waals surface area contributed by atoms with Gasteiger partial charge in [-0.15, -0.1) is 0 Å². The molecule has 0 heterocycles. The molecular formula is C12H19N3O. The van der Waals surface area contributed by atoms with Crippen molar-refractivity contribution in [3.05, 3.63) is 24.3 Å². The average Bonchev–Trinajstić information content (AvgIpc) is 2.28. The number of nitrogens with zero attached hydrogens (tertiary/aromatic N) is 1. The van der Waals surface area contributed by atoms with Crippen molar-refractivity contribution in [3.8, 4) is 5.75 Å². The predicted molar refractivity (Wildman–Crippen MR) is 67.4 cm³/mol. The van der Waals surface area contributed by atoms with Crippen LogP contribution < -0.4 is 15.4 Å². The molecule has 0 fully saturated rings. The Morgan fingerprint density at radius 1 is 1.38 bits per heavy atom. The Bertz CT molecular complexity index is 335. The molecule has 3 N–H and O–H groups in total. The van der Waals surface area contributed by atoms with E-state index in [2.05, 4.69) is 4.90 Å². The van der Waals surface area contributed by atoms with Gasteiger partial charge in [0.25, 0.3) is 0 Å². The van der Waals surface area contributed by atoms with Gasteiger partial charge in [-0.25, -0.2) is 0 Å². The van der Waals surface area contributed by atoms with Gasteiger partial charge in [0.15, 0.2) is 0 Å². The van der Waals surface area contributed by atoms with Crippen LogP contribution in [0.2, 0.25) is 0 Å². The first-order chi connectivity index (χ1) is 7.63. The van der Waals surface area contributed by atoms with Gasteiger partial charge in [0.1, 0.15) is 5.75 Å². The molecule has 1 rings (SSSR count). The summed E-state index contributed by atoms with van der Waals surface area (Å²) in [6.07, 6.45) is 1.55. The lowest BCUT2D eigenvalue weighted by Crippen LogP contribution is -2.20. The third kappa shape index (κ3) is 3.81. The van der Waals surface area contributed by atoms with E-state index in [-0.39, 0.29) is 5.84 Å². The zero-order valence-corrected chi connectivity index (χ0v) is 9.86. The summed E-state index contributed by atoms with van der Waals surface area (Å²) in [5.74, 6) is 1.11. The van der Waals surface area contributed by atoms with Gasteiger partial charge in [0.05, 0.1) is 12.9 Å². The van der Waals surface area contributed by atoms with Crippen molar-refractivity contribution in [2.75, 3.05) is 25.6 Å². The second-order valence-electron chi connectivity index (χ2n) is 3.75. The second kappa shape index (κ2) is 6.00. The number of hydrogen-bond donors (Lipinski definition) is 2. The van der Waals surface area contributed by atoms with E-state index >= 15 is 0 Å². The largest absolute Gasteiger partial charge is 0.497 e. The van der Waals surface area contributed by atoms with Crippen LogP contribution in [0.25, 0.3) is 0 Å². The molecule has 88 valence electrons. The van der Waals surface area contributed by atoms with Crippen molar-refractivity contribution in [3.63, 3.8) is 0 Å². The molecule has 0 aromatic heterocycles. The van der Waals surface area contributed by atoms with Gasteiger partial charge in [-0.2, -0.15) is 0 Å². The molecule has 4 nitrogen and oxygen atoms in total. The number of amidine groups is 1. The number of nitrogens with two attached hydrogens (primary N) is 1. The minimum atomic E-state index is 0.253. The van der Waals surface area contributed by atoms with E-state index < -0.39 is 0 Å². The summed E-state index contributed by atoms with van der Waals surface area (Å²) < 4.78 is 5.10. The fourth-order valence-corrected chi connectivity index (χ4v) is 1.47.